The number of aliphatic carboxylic acids is 1. The molecule has 92 valence electrons. The fourth-order valence-electron chi connectivity index (χ4n) is 1.02. The lowest BCUT2D eigenvalue weighted by molar-refractivity contribution is -0.131. The Balaban J connectivity index is 3.05. The van der Waals surface area contributed by atoms with E-state index in [0.29, 0.717) is 5.56 Å². The molecule has 0 amide bonds. The molecule has 0 atom stereocenters. The highest BCUT2D eigenvalue weighted by Crippen LogP contribution is 2.32. The molecule has 0 spiro atoms. The molecule has 0 aromatic heterocycles. The van der Waals surface area contributed by atoms with Crippen LogP contribution in [0.5, 0.6) is 5.75 Å². The van der Waals surface area contributed by atoms with Gasteiger partial charge in [-0.25, -0.2) is 4.79 Å². The van der Waals surface area contributed by atoms with Gasteiger partial charge < -0.3 is 9.84 Å². The molecule has 1 aromatic rings. The van der Waals surface area contributed by atoms with Crippen molar-refractivity contribution in [3.63, 3.8) is 0 Å². The normalized spacial score (nSPS) is 11.1. The smallest absolute Gasteiger partial charge is 0.387 e. The monoisotopic (exact) mass is 282 g/mol. The Morgan fingerprint density at radius 1 is 1.35 bits per heavy atom. The van der Waals surface area contributed by atoms with Gasteiger partial charge in [0, 0.05) is 12.1 Å². The SMILES string of the molecule is O=C(O)C=Cc1cc(Cl)c(OC(F)F)cc1Cl. The lowest BCUT2D eigenvalue weighted by Crippen LogP contribution is -2.02. The van der Waals surface area contributed by atoms with Crippen LogP contribution in [0.1, 0.15) is 5.56 Å². The van der Waals surface area contributed by atoms with Crippen LogP contribution in [0.15, 0.2) is 18.2 Å². The highest BCUT2D eigenvalue weighted by molar-refractivity contribution is 6.35. The van der Waals surface area contributed by atoms with Gasteiger partial charge in [0.05, 0.1) is 10.0 Å². The summed E-state index contributed by atoms with van der Waals surface area (Å²) in [5, 5.41) is 8.40. The summed E-state index contributed by atoms with van der Waals surface area (Å²) in [6, 6.07) is 2.33. The minimum atomic E-state index is -3.01. The van der Waals surface area contributed by atoms with E-state index in [1.165, 1.54) is 12.1 Å². The zero-order valence-electron chi connectivity index (χ0n) is 8.16. The van der Waals surface area contributed by atoms with Gasteiger partial charge in [-0.3, -0.25) is 0 Å². The zero-order chi connectivity index (χ0) is 13.0. The molecule has 0 aliphatic heterocycles. The van der Waals surface area contributed by atoms with Gasteiger partial charge in [-0.15, -0.1) is 0 Å². The Hall–Kier alpha value is -1.33. The Bertz CT molecular complexity index is 461. The molecule has 1 aromatic carbocycles. The lowest BCUT2D eigenvalue weighted by Gasteiger charge is -2.08. The number of hydrogen-bond acceptors (Lipinski definition) is 2. The van der Waals surface area contributed by atoms with Gasteiger partial charge in [-0.05, 0) is 17.7 Å². The highest BCUT2D eigenvalue weighted by Gasteiger charge is 2.11. The van der Waals surface area contributed by atoms with Crippen molar-refractivity contribution in [2.24, 2.45) is 0 Å². The number of alkyl halides is 2. The van der Waals surface area contributed by atoms with Crippen molar-refractivity contribution in [3.05, 3.63) is 33.8 Å². The Morgan fingerprint density at radius 3 is 2.53 bits per heavy atom. The van der Waals surface area contributed by atoms with E-state index in [0.717, 1.165) is 12.1 Å². The Morgan fingerprint density at radius 2 is 2.00 bits per heavy atom. The van der Waals surface area contributed by atoms with Crippen molar-refractivity contribution >= 4 is 35.2 Å². The van der Waals surface area contributed by atoms with E-state index in [1.807, 2.05) is 0 Å². The summed E-state index contributed by atoms with van der Waals surface area (Å²) in [4.78, 5) is 10.3. The van der Waals surface area contributed by atoms with Crippen LogP contribution < -0.4 is 4.74 Å². The van der Waals surface area contributed by atoms with Gasteiger partial charge >= 0.3 is 12.6 Å². The molecule has 0 saturated carbocycles. The van der Waals surface area contributed by atoms with E-state index in [2.05, 4.69) is 4.74 Å². The van der Waals surface area contributed by atoms with Crippen molar-refractivity contribution in [1.82, 2.24) is 0 Å². The van der Waals surface area contributed by atoms with Crippen LogP contribution in [0.4, 0.5) is 8.78 Å². The summed E-state index contributed by atoms with van der Waals surface area (Å²) in [7, 11) is 0. The Labute approximate surface area is 105 Å². The van der Waals surface area contributed by atoms with E-state index in [1.54, 1.807) is 0 Å². The van der Waals surface area contributed by atoms with E-state index in [-0.39, 0.29) is 15.8 Å². The molecule has 3 nitrogen and oxygen atoms in total. The third-order valence-corrected chi connectivity index (χ3v) is 2.30. The first-order valence-corrected chi connectivity index (χ1v) is 5.00. The maximum Gasteiger partial charge on any atom is 0.387 e. The van der Waals surface area contributed by atoms with E-state index in [4.69, 9.17) is 28.3 Å². The van der Waals surface area contributed by atoms with Crippen molar-refractivity contribution in [2.75, 3.05) is 0 Å². The lowest BCUT2D eigenvalue weighted by atomic mass is 10.2. The zero-order valence-corrected chi connectivity index (χ0v) is 9.67. The molecule has 0 aliphatic carbocycles. The molecule has 17 heavy (non-hydrogen) atoms. The van der Waals surface area contributed by atoms with Crippen LogP contribution in [-0.2, 0) is 4.79 Å². The number of ether oxygens (including phenoxy) is 1. The summed E-state index contributed by atoms with van der Waals surface area (Å²) in [6.07, 6.45) is 2.05. The van der Waals surface area contributed by atoms with E-state index >= 15 is 0 Å². The van der Waals surface area contributed by atoms with Crippen molar-refractivity contribution in [3.8, 4) is 5.75 Å². The van der Waals surface area contributed by atoms with Gasteiger partial charge in [0.15, 0.2) is 0 Å². The number of benzene rings is 1. The molecule has 0 unspecified atom stereocenters. The first-order chi connectivity index (χ1) is 7.90. The summed E-state index contributed by atoms with van der Waals surface area (Å²) in [5.41, 5.74) is 0.292. The van der Waals surface area contributed by atoms with Crippen LogP contribution in [0, 0.1) is 0 Å². The molecular weight excluding hydrogens is 277 g/mol. The fraction of sp³-hybridized carbons (Fsp3) is 0.100. The van der Waals surface area contributed by atoms with Crippen molar-refractivity contribution < 1.29 is 23.4 Å². The van der Waals surface area contributed by atoms with Crippen LogP contribution in [0.3, 0.4) is 0 Å². The third kappa shape index (κ3) is 4.20. The predicted molar refractivity (Wildman–Crippen MR) is 59.8 cm³/mol. The van der Waals surface area contributed by atoms with Crippen LogP contribution in [-0.4, -0.2) is 17.7 Å². The molecule has 1 rings (SSSR count). The molecule has 0 fully saturated rings. The van der Waals surface area contributed by atoms with E-state index in [9.17, 15) is 13.6 Å². The maximum absolute atomic E-state index is 12.0. The van der Waals surface area contributed by atoms with Gasteiger partial charge in [0.2, 0.25) is 0 Å². The highest BCUT2D eigenvalue weighted by atomic mass is 35.5. The van der Waals surface area contributed by atoms with Gasteiger partial charge in [0.25, 0.3) is 0 Å². The topological polar surface area (TPSA) is 46.5 Å². The molecule has 0 radical (unpaired) electrons. The van der Waals surface area contributed by atoms with Gasteiger partial charge in [0.1, 0.15) is 5.75 Å². The maximum atomic E-state index is 12.0. The average Bonchev–Trinajstić information content (AvgIpc) is 2.20. The summed E-state index contributed by atoms with van der Waals surface area (Å²) in [5.74, 6) is -1.43. The van der Waals surface area contributed by atoms with Gasteiger partial charge in [-0.1, -0.05) is 23.2 Å². The van der Waals surface area contributed by atoms with Crippen molar-refractivity contribution in [1.29, 1.82) is 0 Å². The van der Waals surface area contributed by atoms with Crippen LogP contribution >= 0.6 is 23.2 Å². The molecule has 0 bridgehead atoms. The standard InChI is InChI=1S/C10H6Cl2F2O3/c11-6-4-8(17-10(13)14)7(12)3-5(6)1-2-9(15)16/h1-4,10H,(H,15,16). The average molecular weight is 283 g/mol. The minimum Gasteiger partial charge on any atom is -0.478 e. The largest absolute Gasteiger partial charge is 0.478 e. The third-order valence-electron chi connectivity index (χ3n) is 1.67. The molecule has 0 saturated heterocycles. The molecule has 1 N–H and O–H groups in total. The van der Waals surface area contributed by atoms with Crippen molar-refractivity contribution in [2.45, 2.75) is 6.61 Å². The minimum absolute atomic E-state index is 0.0579. The first kappa shape index (κ1) is 13.7. The fourth-order valence-corrected chi connectivity index (χ4v) is 1.45. The number of halogens is 4. The molecule has 0 heterocycles. The Kier molecular flexibility index (Phi) is 4.72. The predicted octanol–water partition coefficient (Wildman–Crippen LogP) is 3.69. The second-order valence-corrected chi connectivity index (χ2v) is 3.67. The summed E-state index contributed by atoms with van der Waals surface area (Å²) >= 11 is 11.4. The second-order valence-electron chi connectivity index (χ2n) is 2.85. The number of carboxylic acid groups (broad SMARTS) is 1. The first-order valence-electron chi connectivity index (χ1n) is 4.25. The number of hydrogen-bond donors (Lipinski definition) is 1. The molecule has 7 heteroatoms. The molecule has 0 aliphatic rings. The molecular formula is C10H6Cl2F2O3. The second kappa shape index (κ2) is 5.84. The summed E-state index contributed by atoms with van der Waals surface area (Å²) < 4.78 is 28.1. The van der Waals surface area contributed by atoms with E-state index < -0.39 is 12.6 Å². The number of rotatable bonds is 4. The van der Waals surface area contributed by atoms with Gasteiger partial charge in [-0.2, -0.15) is 8.78 Å². The van der Waals surface area contributed by atoms with Crippen LogP contribution in [0.25, 0.3) is 6.08 Å². The summed E-state index contributed by atoms with van der Waals surface area (Å²) in [6.45, 7) is -3.01. The quantitative estimate of drug-likeness (QED) is 0.857. The van der Waals surface area contributed by atoms with Crippen LogP contribution in [0.2, 0.25) is 10.0 Å². The number of carbonyl (C=O) groups is 1. The number of carboxylic acids is 1.